The Bertz CT molecular complexity index is 766. The number of imidazole rings is 2. The van der Waals surface area contributed by atoms with E-state index in [1.807, 2.05) is 12.3 Å². The third-order valence-electron chi connectivity index (χ3n) is 3.18. The number of hydrogen-bond donors (Lipinski definition) is 3. The van der Waals surface area contributed by atoms with Crippen LogP contribution in [0.2, 0.25) is 0 Å². The maximum absolute atomic E-state index is 11.2. The zero-order valence-electron chi connectivity index (χ0n) is 11.7. The fourth-order valence-electron chi connectivity index (χ4n) is 2.04. The van der Waals surface area contributed by atoms with Crippen LogP contribution in [-0.4, -0.2) is 31.6 Å². The maximum atomic E-state index is 11.2. The van der Waals surface area contributed by atoms with Gasteiger partial charge < -0.3 is 15.7 Å². The van der Waals surface area contributed by atoms with Crippen LogP contribution in [-0.2, 0) is 6.42 Å². The number of carbonyl (C=O) groups is 1. The number of nitrogens with two attached hydrogens (primary N) is 1. The predicted octanol–water partition coefficient (Wildman–Crippen LogP) is 2.23. The minimum atomic E-state index is -0.435. The summed E-state index contributed by atoms with van der Waals surface area (Å²) in [5.41, 5.74) is 8.65. The van der Waals surface area contributed by atoms with Crippen LogP contribution < -0.4 is 5.73 Å². The Balaban J connectivity index is 1.65. The van der Waals surface area contributed by atoms with Gasteiger partial charge in [-0.2, -0.15) is 0 Å². The van der Waals surface area contributed by atoms with E-state index < -0.39 is 5.91 Å². The molecule has 0 aliphatic rings. The van der Waals surface area contributed by atoms with Crippen molar-refractivity contribution in [1.29, 1.82) is 0 Å². The predicted molar refractivity (Wildman–Crippen MR) is 85.6 cm³/mol. The van der Waals surface area contributed by atoms with Crippen molar-refractivity contribution in [1.82, 2.24) is 19.9 Å². The molecule has 3 rings (SSSR count). The highest BCUT2D eigenvalue weighted by Gasteiger charge is 2.07. The molecule has 7 heteroatoms. The molecular weight excluding hydrogens is 298 g/mol. The zero-order chi connectivity index (χ0) is 15.4. The fourth-order valence-corrected chi connectivity index (χ4v) is 2.87. The summed E-state index contributed by atoms with van der Waals surface area (Å²) in [7, 11) is 0. The van der Waals surface area contributed by atoms with Gasteiger partial charge in [-0.05, 0) is 18.6 Å². The molecule has 0 fully saturated rings. The van der Waals surface area contributed by atoms with Crippen LogP contribution in [0.25, 0.3) is 11.3 Å². The van der Waals surface area contributed by atoms with E-state index in [9.17, 15) is 4.79 Å². The molecule has 0 radical (unpaired) electrons. The van der Waals surface area contributed by atoms with Crippen LogP contribution in [0.1, 0.15) is 16.1 Å². The minimum Gasteiger partial charge on any atom is -0.366 e. The molecule has 0 bridgehead atoms. The van der Waals surface area contributed by atoms with Gasteiger partial charge in [-0.1, -0.05) is 23.9 Å². The molecule has 3 aromatic rings. The molecule has 4 N–H and O–H groups in total. The normalized spacial score (nSPS) is 10.7. The number of nitrogens with zero attached hydrogens (tertiary/aromatic N) is 2. The van der Waals surface area contributed by atoms with E-state index in [0.717, 1.165) is 34.3 Å². The van der Waals surface area contributed by atoms with Gasteiger partial charge in [-0.3, -0.25) is 4.79 Å². The number of benzene rings is 1. The van der Waals surface area contributed by atoms with Gasteiger partial charge in [0.25, 0.3) is 0 Å². The summed E-state index contributed by atoms with van der Waals surface area (Å²) >= 11 is 1.64. The molecular formula is C15H15N5OS. The number of nitrogens with one attached hydrogen (secondary N) is 2. The topological polar surface area (TPSA) is 100 Å². The number of rotatable bonds is 6. The Morgan fingerprint density at radius 1 is 1.32 bits per heavy atom. The molecule has 0 spiro atoms. The lowest BCUT2D eigenvalue weighted by Gasteiger charge is -2.00. The molecule has 6 nitrogen and oxygen atoms in total. The fraction of sp³-hybridized carbons (Fsp3) is 0.133. The highest BCUT2D eigenvalue weighted by atomic mass is 32.2. The molecule has 0 saturated carbocycles. The van der Waals surface area contributed by atoms with Crippen molar-refractivity contribution in [2.24, 2.45) is 5.73 Å². The highest BCUT2D eigenvalue weighted by Crippen LogP contribution is 2.22. The molecule has 0 aliphatic carbocycles. The SMILES string of the molecule is NC(=O)c1cccc(-c2cnc(SCCc3cnc[nH]3)[nH]2)c1. The lowest BCUT2D eigenvalue weighted by Crippen LogP contribution is -2.10. The van der Waals surface area contributed by atoms with E-state index in [2.05, 4.69) is 19.9 Å². The van der Waals surface area contributed by atoms with Crippen LogP contribution in [0, 0.1) is 0 Å². The molecule has 0 unspecified atom stereocenters. The second kappa shape index (κ2) is 6.48. The number of aromatic amines is 2. The Hall–Kier alpha value is -2.54. The largest absolute Gasteiger partial charge is 0.366 e. The number of hydrogen-bond acceptors (Lipinski definition) is 4. The first-order chi connectivity index (χ1) is 10.7. The molecule has 2 aromatic heterocycles. The average molecular weight is 313 g/mol. The van der Waals surface area contributed by atoms with Crippen molar-refractivity contribution in [2.75, 3.05) is 5.75 Å². The lowest BCUT2D eigenvalue weighted by molar-refractivity contribution is 0.100. The zero-order valence-corrected chi connectivity index (χ0v) is 12.6. The van der Waals surface area contributed by atoms with Gasteiger partial charge in [0.2, 0.25) is 5.91 Å². The first kappa shape index (κ1) is 14.4. The van der Waals surface area contributed by atoms with Crippen molar-refractivity contribution in [3.8, 4) is 11.3 Å². The van der Waals surface area contributed by atoms with E-state index >= 15 is 0 Å². The Morgan fingerprint density at radius 2 is 2.23 bits per heavy atom. The summed E-state index contributed by atoms with van der Waals surface area (Å²) in [6, 6.07) is 7.18. The average Bonchev–Trinajstić information content (AvgIpc) is 3.19. The van der Waals surface area contributed by atoms with Crippen molar-refractivity contribution >= 4 is 17.7 Å². The van der Waals surface area contributed by atoms with Crippen molar-refractivity contribution in [2.45, 2.75) is 11.6 Å². The minimum absolute atomic E-state index is 0.435. The van der Waals surface area contributed by atoms with Crippen LogP contribution in [0.4, 0.5) is 0 Å². The van der Waals surface area contributed by atoms with Gasteiger partial charge in [0.1, 0.15) is 0 Å². The molecule has 1 aromatic carbocycles. The Kier molecular flexibility index (Phi) is 4.24. The van der Waals surface area contributed by atoms with E-state index in [-0.39, 0.29) is 0 Å². The summed E-state index contributed by atoms with van der Waals surface area (Å²) in [5, 5.41) is 0.846. The lowest BCUT2D eigenvalue weighted by atomic mass is 10.1. The van der Waals surface area contributed by atoms with Gasteiger partial charge in [0.05, 0.1) is 18.2 Å². The van der Waals surface area contributed by atoms with Crippen molar-refractivity contribution in [3.05, 3.63) is 54.2 Å². The van der Waals surface area contributed by atoms with Gasteiger partial charge in [0, 0.05) is 28.8 Å². The summed E-state index contributed by atoms with van der Waals surface area (Å²) in [5.74, 6) is 0.465. The second-order valence-electron chi connectivity index (χ2n) is 4.72. The quantitative estimate of drug-likeness (QED) is 0.607. The maximum Gasteiger partial charge on any atom is 0.248 e. The molecule has 0 saturated heterocycles. The number of H-pyrrole nitrogens is 2. The van der Waals surface area contributed by atoms with Crippen LogP contribution in [0.15, 0.2) is 48.1 Å². The van der Waals surface area contributed by atoms with Crippen LogP contribution in [0.3, 0.4) is 0 Å². The molecule has 2 heterocycles. The molecule has 0 aliphatic heterocycles. The first-order valence-corrected chi connectivity index (χ1v) is 7.76. The molecule has 1 amide bonds. The van der Waals surface area contributed by atoms with Crippen LogP contribution in [0.5, 0.6) is 0 Å². The monoisotopic (exact) mass is 313 g/mol. The third-order valence-corrected chi connectivity index (χ3v) is 4.06. The summed E-state index contributed by atoms with van der Waals surface area (Å²) < 4.78 is 0. The van der Waals surface area contributed by atoms with Gasteiger partial charge in [-0.15, -0.1) is 0 Å². The Labute approximate surface area is 131 Å². The van der Waals surface area contributed by atoms with E-state index in [4.69, 9.17) is 5.73 Å². The number of primary amides is 1. The third kappa shape index (κ3) is 3.37. The highest BCUT2D eigenvalue weighted by molar-refractivity contribution is 7.99. The number of amides is 1. The number of aryl methyl sites for hydroxylation is 1. The summed E-state index contributed by atoms with van der Waals surface area (Å²) in [6.07, 6.45) is 6.16. The standard InChI is InChI=1S/C15H15N5OS/c16-14(21)11-3-1-2-10(6-11)13-8-18-15(20-13)22-5-4-12-7-17-9-19-12/h1-3,6-9H,4-5H2,(H2,16,21)(H,17,19)(H,18,20). The number of aromatic nitrogens is 4. The van der Waals surface area contributed by atoms with E-state index in [1.54, 1.807) is 42.5 Å². The van der Waals surface area contributed by atoms with Gasteiger partial charge >= 0.3 is 0 Å². The number of thioether (sulfide) groups is 1. The second-order valence-corrected chi connectivity index (χ2v) is 5.81. The van der Waals surface area contributed by atoms with Crippen molar-refractivity contribution < 1.29 is 4.79 Å². The van der Waals surface area contributed by atoms with Crippen LogP contribution >= 0.6 is 11.8 Å². The summed E-state index contributed by atoms with van der Waals surface area (Å²) in [4.78, 5) is 25.9. The molecule has 0 atom stereocenters. The first-order valence-electron chi connectivity index (χ1n) is 6.77. The van der Waals surface area contributed by atoms with Gasteiger partial charge in [0.15, 0.2) is 5.16 Å². The van der Waals surface area contributed by atoms with E-state index in [1.165, 1.54) is 0 Å². The van der Waals surface area contributed by atoms with E-state index in [0.29, 0.717) is 5.56 Å². The smallest absolute Gasteiger partial charge is 0.248 e. The van der Waals surface area contributed by atoms with Gasteiger partial charge in [-0.25, -0.2) is 9.97 Å². The van der Waals surface area contributed by atoms with Crippen molar-refractivity contribution in [3.63, 3.8) is 0 Å². The summed E-state index contributed by atoms with van der Waals surface area (Å²) in [6.45, 7) is 0. The molecule has 22 heavy (non-hydrogen) atoms. The Morgan fingerprint density at radius 3 is 3.00 bits per heavy atom. The molecule has 112 valence electrons. The number of carbonyl (C=O) groups excluding carboxylic acids is 1.